The Labute approximate surface area is 121 Å². The Morgan fingerprint density at radius 1 is 1.25 bits per heavy atom. The lowest BCUT2D eigenvalue weighted by Crippen LogP contribution is -2.56. The minimum Gasteiger partial charge on any atom is -0.497 e. The Kier molecular flexibility index (Phi) is 5.40. The molecule has 3 N–H and O–H groups in total. The summed E-state index contributed by atoms with van der Waals surface area (Å²) < 4.78 is 11.2. The van der Waals surface area contributed by atoms with Crippen molar-refractivity contribution < 1.29 is 9.47 Å². The van der Waals surface area contributed by atoms with Crippen molar-refractivity contribution in [1.82, 2.24) is 5.43 Å². The van der Waals surface area contributed by atoms with E-state index in [1.165, 1.54) is 24.8 Å². The first-order chi connectivity index (χ1) is 9.74. The minimum absolute atomic E-state index is 0.125. The first-order valence-electron chi connectivity index (χ1n) is 7.38. The zero-order valence-corrected chi connectivity index (χ0v) is 12.5. The molecule has 0 spiro atoms. The first kappa shape index (κ1) is 15.3. The number of hydrogen-bond donors (Lipinski definition) is 2. The maximum Gasteiger partial charge on any atom is 0.119 e. The molecule has 1 aliphatic carbocycles. The van der Waals surface area contributed by atoms with Gasteiger partial charge in [0.15, 0.2) is 0 Å². The standard InChI is InChI=1S/C16H26N2O2/c1-19-14-8-6-7-13(11-14)12-15(18-17)16(20-2)9-4-3-5-10-16/h6-8,11,15,18H,3-5,9-10,12,17H2,1-2H3. The summed E-state index contributed by atoms with van der Waals surface area (Å²) in [5.41, 5.74) is 4.06. The molecule has 1 aliphatic rings. The maximum atomic E-state index is 5.89. The SMILES string of the molecule is COc1cccc(CC(NN)C2(OC)CCCCC2)c1. The van der Waals surface area contributed by atoms with Gasteiger partial charge in [-0.3, -0.25) is 11.3 Å². The Bertz CT molecular complexity index is 417. The average Bonchev–Trinajstić information content (AvgIpc) is 2.53. The molecule has 1 aromatic rings. The monoisotopic (exact) mass is 278 g/mol. The lowest BCUT2D eigenvalue weighted by atomic mass is 9.77. The van der Waals surface area contributed by atoms with Crippen LogP contribution in [0.25, 0.3) is 0 Å². The molecule has 4 heteroatoms. The number of hydrogen-bond acceptors (Lipinski definition) is 4. The van der Waals surface area contributed by atoms with Crippen LogP contribution in [0.3, 0.4) is 0 Å². The van der Waals surface area contributed by atoms with Crippen LogP contribution in [0.2, 0.25) is 0 Å². The summed E-state index contributed by atoms with van der Waals surface area (Å²) in [6.45, 7) is 0. The van der Waals surface area contributed by atoms with Crippen molar-refractivity contribution in [3.63, 3.8) is 0 Å². The van der Waals surface area contributed by atoms with E-state index in [9.17, 15) is 0 Å². The van der Waals surface area contributed by atoms with Crippen molar-refractivity contribution >= 4 is 0 Å². The second-order valence-corrected chi connectivity index (χ2v) is 5.60. The molecule has 0 aromatic heterocycles. The fraction of sp³-hybridized carbons (Fsp3) is 0.625. The molecule has 0 radical (unpaired) electrons. The molecule has 0 saturated heterocycles. The van der Waals surface area contributed by atoms with E-state index in [1.54, 1.807) is 14.2 Å². The zero-order chi connectivity index (χ0) is 14.4. The van der Waals surface area contributed by atoms with E-state index in [0.717, 1.165) is 25.0 Å². The van der Waals surface area contributed by atoms with Crippen molar-refractivity contribution in [2.45, 2.75) is 50.2 Å². The van der Waals surface area contributed by atoms with Gasteiger partial charge in [0.25, 0.3) is 0 Å². The zero-order valence-electron chi connectivity index (χ0n) is 12.5. The second-order valence-electron chi connectivity index (χ2n) is 5.60. The summed E-state index contributed by atoms with van der Waals surface area (Å²) in [4.78, 5) is 0. The van der Waals surface area contributed by atoms with Crippen LogP contribution in [0, 0.1) is 0 Å². The highest BCUT2D eigenvalue weighted by Gasteiger charge is 2.39. The van der Waals surface area contributed by atoms with Gasteiger partial charge in [0.05, 0.1) is 18.8 Å². The first-order valence-corrected chi connectivity index (χ1v) is 7.38. The van der Waals surface area contributed by atoms with Crippen LogP contribution in [0.5, 0.6) is 5.75 Å². The third-order valence-corrected chi connectivity index (χ3v) is 4.52. The summed E-state index contributed by atoms with van der Waals surface area (Å²) in [6, 6.07) is 8.28. The minimum atomic E-state index is -0.143. The number of hydrazine groups is 1. The highest BCUT2D eigenvalue weighted by Crippen LogP contribution is 2.35. The number of nitrogens with one attached hydrogen (secondary N) is 1. The molecule has 4 nitrogen and oxygen atoms in total. The number of benzene rings is 1. The molecule has 1 atom stereocenters. The van der Waals surface area contributed by atoms with Gasteiger partial charge >= 0.3 is 0 Å². The van der Waals surface area contributed by atoms with E-state index in [1.807, 2.05) is 12.1 Å². The molecular formula is C16H26N2O2. The Balaban J connectivity index is 2.14. The molecule has 0 heterocycles. The largest absolute Gasteiger partial charge is 0.497 e. The fourth-order valence-electron chi connectivity index (χ4n) is 3.28. The van der Waals surface area contributed by atoms with E-state index < -0.39 is 0 Å². The lowest BCUT2D eigenvalue weighted by molar-refractivity contribution is -0.0673. The van der Waals surface area contributed by atoms with E-state index >= 15 is 0 Å². The molecule has 112 valence electrons. The van der Waals surface area contributed by atoms with Crippen LogP contribution in [0.1, 0.15) is 37.7 Å². The Morgan fingerprint density at radius 2 is 2.00 bits per heavy atom. The Morgan fingerprint density at radius 3 is 2.60 bits per heavy atom. The number of ether oxygens (including phenoxy) is 2. The number of nitrogens with two attached hydrogens (primary N) is 1. The van der Waals surface area contributed by atoms with E-state index in [2.05, 4.69) is 17.6 Å². The van der Waals surface area contributed by atoms with Crippen LogP contribution in [0.15, 0.2) is 24.3 Å². The summed E-state index contributed by atoms with van der Waals surface area (Å²) in [5, 5.41) is 0. The molecule has 0 bridgehead atoms. The van der Waals surface area contributed by atoms with Crippen molar-refractivity contribution in [2.24, 2.45) is 5.84 Å². The van der Waals surface area contributed by atoms with Crippen molar-refractivity contribution in [3.8, 4) is 5.75 Å². The lowest BCUT2D eigenvalue weighted by Gasteiger charge is -2.42. The third kappa shape index (κ3) is 3.32. The normalized spacial score (nSPS) is 19.6. The van der Waals surface area contributed by atoms with E-state index in [-0.39, 0.29) is 11.6 Å². The quantitative estimate of drug-likeness (QED) is 0.620. The highest BCUT2D eigenvalue weighted by atomic mass is 16.5. The summed E-state index contributed by atoms with van der Waals surface area (Å²) in [5.74, 6) is 6.70. The number of methoxy groups -OCH3 is 2. The van der Waals surface area contributed by atoms with Crippen molar-refractivity contribution in [3.05, 3.63) is 29.8 Å². The fourth-order valence-corrected chi connectivity index (χ4v) is 3.28. The molecule has 2 rings (SSSR count). The molecular weight excluding hydrogens is 252 g/mol. The van der Waals surface area contributed by atoms with Gasteiger partial charge in [-0.25, -0.2) is 0 Å². The van der Waals surface area contributed by atoms with Crippen LogP contribution in [0.4, 0.5) is 0 Å². The van der Waals surface area contributed by atoms with Gasteiger partial charge in [-0.1, -0.05) is 31.4 Å². The smallest absolute Gasteiger partial charge is 0.119 e. The topological polar surface area (TPSA) is 56.5 Å². The Hall–Kier alpha value is -1.10. The molecule has 1 saturated carbocycles. The molecule has 0 aliphatic heterocycles. The van der Waals surface area contributed by atoms with Gasteiger partial charge in [-0.05, 0) is 37.0 Å². The summed E-state index contributed by atoms with van der Waals surface area (Å²) >= 11 is 0. The molecule has 1 fully saturated rings. The predicted molar refractivity (Wildman–Crippen MR) is 80.6 cm³/mol. The van der Waals surface area contributed by atoms with Crippen LogP contribution in [-0.2, 0) is 11.2 Å². The molecule has 1 aromatic carbocycles. The summed E-state index contributed by atoms with van der Waals surface area (Å²) in [6.07, 6.45) is 6.71. The predicted octanol–water partition coefficient (Wildman–Crippen LogP) is 2.42. The van der Waals surface area contributed by atoms with E-state index in [0.29, 0.717) is 0 Å². The molecule has 1 unspecified atom stereocenters. The average molecular weight is 278 g/mol. The van der Waals surface area contributed by atoms with Crippen LogP contribution >= 0.6 is 0 Å². The van der Waals surface area contributed by atoms with Gasteiger partial charge in [0.1, 0.15) is 5.75 Å². The van der Waals surface area contributed by atoms with Gasteiger partial charge < -0.3 is 9.47 Å². The van der Waals surface area contributed by atoms with E-state index in [4.69, 9.17) is 15.3 Å². The maximum absolute atomic E-state index is 5.89. The van der Waals surface area contributed by atoms with Crippen molar-refractivity contribution in [1.29, 1.82) is 0 Å². The van der Waals surface area contributed by atoms with Gasteiger partial charge in [-0.2, -0.15) is 0 Å². The number of rotatable bonds is 6. The van der Waals surface area contributed by atoms with Gasteiger partial charge in [0, 0.05) is 7.11 Å². The van der Waals surface area contributed by atoms with Crippen molar-refractivity contribution in [2.75, 3.05) is 14.2 Å². The van der Waals surface area contributed by atoms with Crippen LogP contribution < -0.4 is 16.0 Å². The summed E-state index contributed by atoms with van der Waals surface area (Å²) in [7, 11) is 3.50. The molecule has 0 amide bonds. The third-order valence-electron chi connectivity index (χ3n) is 4.52. The van der Waals surface area contributed by atoms with Gasteiger partial charge in [-0.15, -0.1) is 0 Å². The highest BCUT2D eigenvalue weighted by molar-refractivity contribution is 5.29. The van der Waals surface area contributed by atoms with Crippen LogP contribution in [-0.4, -0.2) is 25.9 Å². The second kappa shape index (κ2) is 7.07. The molecule has 20 heavy (non-hydrogen) atoms. The van der Waals surface area contributed by atoms with Gasteiger partial charge in [0.2, 0.25) is 0 Å².